The summed E-state index contributed by atoms with van der Waals surface area (Å²) in [6.45, 7) is 8.54. The Morgan fingerprint density at radius 2 is 1.73 bits per heavy atom. The van der Waals surface area contributed by atoms with Crippen LogP contribution in [0.1, 0.15) is 81.8 Å². The number of methoxy groups -OCH3 is 1. The van der Waals surface area contributed by atoms with Crippen molar-refractivity contribution in [2.75, 3.05) is 37.1 Å². The van der Waals surface area contributed by atoms with Gasteiger partial charge >= 0.3 is 18.0 Å². The summed E-state index contributed by atoms with van der Waals surface area (Å²) in [5.74, 6) is -3.59. The Balaban J connectivity index is 1.86. The monoisotopic (exact) mass is 688 g/mol. The number of benzene rings is 2. The number of amides is 4. The van der Waals surface area contributed by atoms with Crippen molar-refractivity contribution in [2.45, 2.75) is 71.5 Å². The molecule has 14 nitrogen and oxygen atoms in total. The highest BCUT2D eigenvalue weighted by molar-refractivity contribution is 7.88. The number of carbonyl (C=O) groups is 5. The molecule has 1 aliphatic rings. The predicted octanol–water partition coefficient (Wildman–Crippen LogP) is 4.23. The molecule has 262 valence electrons. The maximum atomic E-state index is 13.7. The Hall–Kier alpha value is -4.50. The summed E-state index contributed by atoms with van der Waals surface area (Å²) in [7, 11) is -2.39. The van der Waals surface area contributed by atoms with Gasteiger partial charge in [-0.1, -0.05) is 46.8 Å². The first kappa shape index (κ1) is 38.0. The maximum Gasteiger partial charge on any atom is 0.333 e. The van der Waals surface area contributed by atoms with E-state index < -0.39 is 57.9 Å². The lowest BCUT2D eigenvalue weighted by molar-refractivity contribution is -0.150. The number of carboxylic acid groups (broad SMARTS) is 1. The molecule has 15 heteroatoms. The largest absolute Gasteiger partial charge is 0.496 e. The Kier molecular flexibility index (Phi) is 12.7. The molecule has 1 saturated heterocycles. The van der Waals surface area contributed by atoms with E-state index in [0.29, 0.717) is 28.9 Å². The van der Waals surface area contributed by atoms with Gasteiger partial charge in [0.15, 0.2) is 6.73 Å². The molecule has 0 bridgehead atoms. The minimum absolute atomic E-state index is 0.0220. The number of urea groups is 1. The molecule has 1 unspecified atom stereocenters. The molecule has 48 heavy (non-hydrogen) atoms. The number of esters is 1. The van der Waals surface area contributed by atoms with Gasteiger partial charge in [-0.25, -0.2) is 22.8 Å². The van der Waals surface area contributed by atoms with E-state index >= 15 is 0 Å². The van der Waals surface area contributed by atoms with Crippen LogP contribution in [0.5, 0.6) is 5.75 Å². The molecule has 1 heterocycles. The van der Waals surface area contributed by atoms with Gasteiger partial charge in [-0.2, -0.15) is 0 Å². The number of carbonyl (C=O) groups excluding carboxylic acids is 4. The van der Waals surface area contributed by atoms with Crippen LogP contribution in [0.25, 0.3) is 0 Å². The second-order valence-electron chi connectivity index (χ2n) is 12.4. The first-order valence-electron chi connectivity index (χ1n) is 15.6. The number of rotatable bonds is 15. The molecule has 0 aliphatic carbocycles. The Labute approximate surface area is 280 Å². The number of ether oxygens (including phenoxy) is 2. The van der Waals surface area contributed by atoms with Gasteiger partial charge in [0.05, 0.1) is 24.3 Å². The van der Waals surface area contributed by atoms with Crippen molar-refractivity contribution in [3.63, 3.8) is 0 Å². The number of hydrogen-bond donors (Lipinski definition) is 3. The highest BCUT2D eigenvalue weighted by Gasteiger charge is 2.36. The lowest BCUT2D eigenvalue weighted by atomic mass is 9.84. The van der Waals surface area contributed by atoms with Crippen LogP contribution in [0.4, 0.5) is 16.2 Å². The van der Waals surface area contributed by atoms with Crippen molar-refractivity contribution >= 4 is 51.2 Å². The maximum absolute atomic E-state index is 13.7. The van der Waals surface area contributed by atoms with Crippen molar-refractivity contribution in [2.24, 2.45) is 5.92 Å². The van der Waals surface area contributed by atoms with Gasteiger partial charge in [-0.05, 0) is 48.1 Å². The van der Waals surface area contributed by atoms with Crippen molar-refractivity contribution < 1.29 is 47.0 Å². The third-order valence-corrected chi connectivity index (χ3v) is 9.04. The molecule has 2 aromatic carbocycles. The van der Waals surface area contributed by atoms with Crippen LogP contribution in [0, 0.1) is 5.92 Å². The molecule has 3 N–H and O–H groups in total. The molecule has 1 fully saturated rings. The van der Waals surface area contributed by atoms with Gasteiger partial charge in [0.25, 0.3) is 5.91 Å². The van der Waals surface area contributed by atoms with Gasteiger partial charge in [-0.3, -0.25) is 24.1 Å². The van der Waals surface area contributed by atoms with Crippen LogP contribution in [0.2, 0.25) is 0 Å². The van der Waals surface area contributed by atoms with E-state index in [1.165, 1.54) is 42.3 Å². The fraction of sp³-hybridized carbons (Fsp3) is 0.485. The van der Waals surface area contributed by atoms with Gasteiger partial charge in [0.2, 0.25) is 15.9 Å². The number of carboxylic acids is 1. The van der Waals surface area contributed by atoms with E-state index in [1.54, 1.807) is 19.9 Å². The number of imide groups is 1. The summed E-state index contributed by atoms with van der Waals surface area (Å²) in [4.78, 5) is 65.1. The SMILES string of the molecule is CCCC(=O)OCN1C(=O)CCN(c2cc(C(=O)Nc3ccc(CS(=O)(=O)NCC(CC)C(=O)O)cc3)c(OC)c(C(C)(C)C)c2)C1=O. The van der Waals surface area contributed by atoms with E-state index in [1.807, 2.05) is 20.8 Å². The minimum Gasteiger partial charge on any atom is -0.496 e. The molecular weight excluding hydrogens is 644 g/mol. The highest BCUT2D eigenvalue weighted by Crippen LogP contribution is 2.39. The van der Waals surface area contributed by atoms with Gasteiger partial charge in [-0.15, -0.1) is 0 Å². The molecule has 4 amide bonds. The Bertz CT molecular complexity index is 1630. The van der Waals surface area contributed by atoms with Crippen molar-refractivity contribution in [3.8, 4) is 5.75 Å². The number of nitrogens with zero attached hydrogens (tertiary/aromatic N) is 2. The van der Waals surface area contributed by atoms with Crippen molar-refractivity contribution in [3.05, 3.63) is 53.1 Å². The topological polar surface area (TPSA) is 189 Å². The summed E-state index contributed by atoms with van der Waals surface area (Å²) in [5, 5.41) is 12.0. The van der Waals surface area contributed by atoms with E-state index in [9.17, 15) is 37.5 Å². The summed E-state index contributed by atoms with van der Waals surface area (Å²) < 4.78 is 38.2. The molecule has 0 saturated carbocycles. The first-order valence-corrected chi connectivity index (χ1v) is 17.3. The smallest absolute Gasteiger partial charge is 0.333 e. The van der Waals surface area contributed by atoms with Crippen molar-refractivity contribution in [1.29, 1.82) is 0 Å². The van der Waals surface area contributed by atoms with Crippen LogP contribution in [-0.4, -0.2) is 75.1 Å². The average Bonchev–Trinajstić information content (AvgIpc) is 3.01. The van der Waals surface area contributed by atoms with Crippen LogP contribution >= 0.6 is 0 Å². The van der Waals surface area contributed by atoms with E-state index in [4.69, 9.17) is 9.47 Å². The molecule has 1 aliphatic heterocycles. The van der Waals surface area contributed by atoms with Gasteiger partial charge in [0, 0.05) is 42.9 Å². The molecule has 3 rings (SSSR count). The number of aliphatic carboxylic acids is 1. The predicted molar refractivity (Wildman–Crippen MR) is 178 cm³/mol. The number of hydrogen-bond acceptors (Lipinski definition) is 9. The number of anilines is 2. The molecule has 1 atom stereocenters. The molecule has 0 spiro atoms. The lowest BCUT2D eigenvalue weighted by Gasteiger charge is -2.35. The second kappa shape index (κ2) is 16.1. The zero-order valence-corrected chi connectivity index (χ0v) is 28.9. The molecule has 0 radical (unpaired) electrons. The van der Waals surface area contributed by atoms with Crippen LogP contribution < -0.4 is 19.7 Å². The van der Waals surface area contributed by atoms with Crippen molar-refractivity contribution in [1.82, 2.24) is 9.62 Å². The zero-order valence-electron chi connectivity index (χ0n) is 28.1. The van der Waals surface area contributed by atoms with E-state index in [2.05, 4.69) is 10.0 Å². The van der Waals surface area contributed by atoms with E-state index in [0.717, 1.165) is 4.90 Å². The zero-order chi connectivity index (χ0) is 35.8. The fourth-order valence-corrected chi connectivity index (χ4v) is 6.16. The summed E-state index contributed by atoms with van der Waals surface area (Å²) in [6, 6.07) is 8.66. The second-order valence-corrected chi connectivity index (χ2v) is 14.2. The summed E-state index contributed by atoms with van der Waals surface area (Å²) >= 11 is 0. The first-order chi connectivity index (χ1) is 22.5. The lowest BCUT2D eigenvalue weighted by Crippen LogP contribution is -2.53. The highest BCUT2D eigenvalue weighted by atomic mass is 32.2. The van der Waals surface area contributed by atoms with E-state index in [-0.39, 0.29) is 49.4 Å². The molecule has 2 aromatic rings. The third-order valence-electron chi connectivity index (χ3n) is 7.72. The fourth-order valence-electron chi connectivity index (χ4n) is 4.97. The molecule has 0 aromatic heterocycles. The van der Waals surface area contributed by atoms with Crippen LogP contribution in [0.15, 0.2) is 36.4 Å². The van der Waals surface area contributed by atoms with Crippen LogP contribution in [0.3, 0.4) is 0 Å². The molecular formula is C33H44N4O10S. The average molecular weight is 689 g/mol. The number of nitrogens with one attached hydrogen (secondary N) is 2. The van der Waals surface area contributed by atoms with Gasteiger partial charge in [0.1, 0.15) is 5.75 Å². The summed E-state index contributed by atoms with van der Waals surface area (Å²) in [6.07, 6.45) is 0.961. The van der Waals surface area contributed by atoms with Gasteiger partial charge < -0.3 is 19.9 Å². The normalized spacial score (nSPS) is 14.5. The van der Waals surface area contributed by atoms with Crippen LogP contribution in [-0.2, 0) is 40.3 Å². The quantitative estimate of drug-likeness (QED) is 0.228. The standard InChI is InChI=1S/C33H44N4O10S/c1-7-9-28(39)47-20-37-27(38)14-15-36(32(37)43)24-16-25(29(46-6)26(17-24)33(3,4)5)30(40)35-23-12-10-21(11-13-23)19-48(44,45)34-18-22(8-2)31(41)42/h10-13,16-17,22,34H,7-9,14-15,18-20H2,1-6H3,(H,35,40)(H,41,42). The third kappa shape index (κ3) is 9.76. The minimum atomic E-state index is -3.82. The Morgan fingerprint density at radius 3 is 2.29 bits per heavy atom. The summed E-state index contributed by atoms with van der Waals surface area (Å²) in [5.41, 5.74) is 1.32. The number of sulfonamides is 1. The Morgan fingerprint density at radius 1 is 1.06 bits per heavy atom.